The minimum absolute atomic E-state index is 0.127. The zero-order valence-corrected chi connectivity index (χ0v) is 21.2. The molecular weight excluding hydrogens is 468 g/mol. The molecule has 2 aliphatic rings. The lowest BCUT2D eigenvalue weighted by molar-refractivity contribution is -0.0210. The number of allylic oxidation sites excluding steroid dienone is 2. The second kappa shape index (κ2) is 12.4. The Morgan fingerprint density at radius 1 is 0.778 bits per heavy atom. The summed E-state index contributed by atoms with van der Waals surface area (Å²) in [4.78, 5) is 0. The summed E-state index contributed by atoms with van der Waals surface area (Å²) in [5.41, 5.74) is -0.222. The molecule has 6 heteroatoms. The Bertz CT molecular complexity index is 1050. The molecule has 2 fully saturated rings. The number of ether oxygens (including phenoxy) is 2. The van der Waals surface area contributed by atoms with E-state index in [0.717, 1.165) is 38.5 Å². The van der Waals surface area contributed by atoms with Crippen LogP contribution < -0.4 is 0 Å². The van der Waals surface area contributed by atoms with Crippen molar-refractivity contribution in [1.29, 1.82) is 0 Å². The van der Waals surface area contributed by atoms with E-state index in [9.17, 15) is 0 Å². The zero-order chi connectivity index (χ0) is 25.7. The minimum atomic E-state index is -1.18. The largest absolute Gasteiger partial charge is 0.378 e. The number of benzene rings is 2. The van der Waals surface area contributed by atoms with E-state index in [4.69, 9.17) is 9.47 Å². The van der Waals surface area contributed by atoms with Crippen molar-refractivity contribution in [2.75, 3.05) is 13.2 Å². The van der Waals surface area contributed by atoms with Crippen LogP contribution in [0.2, 0.25) is 0 Å². The lowest BCUT2D eigenvalue weighted by atomic mass is 9.88. The van der Waals surface area contributed by atoms with Crippen molar-refractivity contribution in [3.05, 3.63) is 70.8 Å². The molecular formula is C30H36F4O2. The minimum Gasteiger partial charge on any atom is -0.378 e. The second-order valence-electron chi connectivity index (χ2n) is 10.1. The average Bonchev–Trinajstić information content (AvgIpc) is 2.89. The first-order valence-corrected chi connectivity index (χ1v) is 13.2. The number of hydrogen-bond donors (Lipinski definition) is 0. The molecule has 36 heavy (non-hydrogen) atoms. The summed E-state index contributed by atoms with van der Waals surface area (Å²) in [6.45, 7) is 4.89. The predicted octanol–water partition coefficient (Wildman–Crippen LogP) is 8.80. The van der Waals surface area contributed by atoms with Gasteiger partial charge in [-0.3, -0.25) is 0 Å². The third-order valence-electron chi connectivity index (χ3n) is 7.63. The van der Waals surface area contributed by atoms with Crippen molar-refractivity contribution in [3.63, 3.8) is 0 Å². The predicted molar refractivity (Wildman–Crippen MR) is 134 cm³/mol. The first-order valence-electron chi connectivity index (χ1n) is 13.2. The van der Waals surface area contributed by atoms with Gasteiger partial charge in [-0.15, -0.1) is 0 Å². The van der Waals surface area contributed by atoms with Crippen molar-refractivity contribution in [2.45, 2.75) is 83.3 Å². The Kier molecular flexibility index (Phi) is 9.24. The Labute approximate surface area is 211 Å². The molecule has 4 unspecified atom stereocenters. The average molecular weight is 505 g/mol. The van der Waals surface area contributed by atoms with Crippen LogP contribution in [0.15, 0.2) is 36.4 Å². The van der Waals surface area contributed by atoms with Crippen LogP contribution in [0.1, 0.15) is 88.4 Å². The molecule has 2 aromatic carbocycles. The van der Waals surface area contributed by atoms with Crippen LogP contribution >= 0.6 is 0 Å². The molecule has 2 nitrogen and oxygen atoms in total. The van der Waals surface area contributed by atoms with Gasteiger partial charge in [-0.2, -0.15) is 0 Å². The highest BCUT2D eigenvalue weighted by Crippen LogP contribution is 2.39. The summed E-state index contributed by atoms with van der Waals surface area (Å²) in [6, 6.07) is 5.58. The molecule has 0 aliphatic carbocycles. The van der Waals surface area contributed by atoms with E-state index in [1.54, 1.807) is 0 Å². The van der Waals surface area contributed by atoms with Crippen LogP contribution in [-0.4, -0.2) is 19.3 Å². The Hall–Kier alpha value is -2.18. The fourth-order valence-electron chi connectivity index (χ4n) is 5.49. The Balaban J connectivity index is 1.48. The van der Waals surface area contributed by atoms with E-state index in [0.29, 0.717) is 32.0 Å². The van der Waals surface area contributed by atoms with Gasteiger partial charge in [0.2, 0.25) is 0 Å². The van der Waals surface area contributed by atoms with Gasteiger partial charge >= 0.3 is 0 Å². The highest BCUT2D eigenvalue weighted by atomic mass is 19.2. The van der Waals surface area contributed by atoms with E-state index in [2.05, 4.69) is 13.0 Å². The standard InChI is InChI=1S/C30H36F4O2/c1-3-5-6-8-19-9-16-26(36-17-19)25-15-14-24(29(33)30(25)34)23-13-12-22(27(31)28(23)32)20-10-11-21(7-4-2)35-18-20/h3,5,12-15,19-21,26H,4,6-11,16-18H2,1-2H3. The maximum absolute atomic E-state index is 15.1. The van der Waals surface area contributed by atoms with Gasteiger partial charge in [0.15, 0.2) is 23.3 Å². The Morgan fingerprint density at radius 3 is 2.06 bits per heavy atom. The van der Waals surface area contributed by atoms with Crippen molar-refractivity contribution < 1.29 is 27.0 Å². The Morgan fingerprint density at radius 2 is 1.47 bits per heavy atom. The summed E-state index contributed by atoms with van der Waals surface area (Å²) in [5.74, 6) is -4.27. The van der Waals surface area contributed by atoms with Crippen LogP contribution in [0.4, 0.5) is 17.6 Å². The van der Waals surface area contributed by atoms with E-state index in [-0.39, 0.29) is 34.3 Å². The number of halogens is 4. The molecule has 0 saturated carbocycles. The molecule has 0 spiro atoms. The van der Waals surface area contributed by atoms with Gasteiger partial charge in [-0.25, -0.2) is 17.6 Å². The lowest BCUT2D eigenvalue weighted by Gasteiger charge is -2.30. The molecule has 196 valence electrons. The number of rotatable bonds is 8. The van der Waals surface area contributed by atoms with Crippen molar-refractivity contribution in [3.8, 4) is 11.1 Å². The van der Waals surface area contributed by atoms with Gasteiger partial charge < -0.3 is 9.47 Å². The fourth-order valence-corrected chi connectivity index (χ4v) is 5.49. The van der Waals surface area contributed by atoms with Crippen molar-refractivity contribution >= 4 is 0 Å². The van der Waals surface area contributed by atoms with Crippen molar-refractivity contribution in [2.24, 2.45) is 5.92 Å². The van der Waals surface area contributed by atoms with E-state index in [1.165, 1.54) is 24.3 Å². The molecule has 0 amide bonds. The lowest BCUT2D eigenvalue weighted by Crippen LogP contribution is -2.25. The van der Waals surface area contributed by atoms with Gasteiger partial charge in [0.05, 0.1) is 25.4 Å². The van der Waals surface area contributed by atoms with Crippen LogP contribution in [0.25, 0.3) is 11.1 Å². The molecule has 0 radical (unpaired) electrons. The van der Waals surface area contributed by atoms with Gasteiger partial charge in [-0.05, 0) is 63.4 Å². The summed E-state index contributed by atoms with van der Waals surface area (Å²) in [7, 11) is 0. The molecule has 2 aliphatic heterocycles. The molecule has 0 N–H and O–H groups in total. The van der Waals surface area contributed by atoms with E-state index >= 15 is 17.6 Å². The first-order chi connectivity index (χ1) is 17.4. The molecule has 4 rings (SSSR count). The van der Waals surface area contributed by atoms with Crippen LogP contribution in [-0.2, 0) is 9.47 Å². The van der Waals surface area contributed by atoms with E-state index in [1.807, 2.05) is 13.0 Å². The smallest absolute Gasteiger partial charge is 0.167 e. The maximum Gasteiger partial charge on any atom is 0.167 e. The van der Waals surface area contributed by atoms with Crippen LogP contribution in [0.5, 0.6) is 0 Å². The molecule has 0 aromatic heterocycles. The molecule has 0 bridgehead atoms. The normalized spacial score (nSPS) is 24.9. The summed E-state index contributed by atoms with van der Waals surface area (Å²) < 4.78 is 72.0. The van der Waals surface area contributed by atoms with Crippen LogP contribution in [0, 0.1) is 29.2 Å². The van der Waals surface area contributed by atoms with Crippen molar-refractivity contribution in [1.82, 2.24) is 0 Å². The highest BCUT2D eigenvalue weighted by Gasteiger charge is 2.30. The van der Waals surface area contributed by atoms with Gasteiger partial charge in [0.25, 0.3) is 0 Å². The topological polar surface area (TPSA) is 18.5 Å². The molecule has 2 saturated heterocycles. The summed E-state index contributed by atoms with van der Waals surface area (Å²) >= 11 is 0. The molecule has 4 atom stereocenters. The first kappa shape index (κ1) is 26.9. The summed E-state index contributed by atoms with van der Waals surface area (Å²) in [5, 5.41) is 0. The third kappa shape index (κ3) is 5.86. The molecule has 2 heterocycles. The number of hydrogen-bond acceptors (Lipinski definition) is 2. The van der Waals surface area contributed by atoms with E-state index < -0.39 is 29.4 Å². The van der Waals surface area contributed by atoms with Gasteiger partial charge in [0.1, 0.15) is 0 Å². The SMILES string of the molecule is CC=CCCC1CCC(c2ccc(-c3ccc(C4CCC(CCC)OC4)c(F)c3F)c(F)c2F)OC1. The zero-order valence-electron chi connectivity index (χ0n) is 21.2. The quantitative estimate of drug-likeness (QED) is 0.264. The third-order valence-corrected chi connectivity index (χ3v) is 7.63. The molecule has 2 aromatic rings. The summed E-state index contributed by atoms with van der Waals surface area (Å²) in [6.07, 6.45) is 10.6. The monoisotopic (exact) mass is 504 g/mol. The van der Waals surface area contributed by atoms with Gasteiger partial charge in [-0.1, -0.05) is 49.8 Å². The van der Waals surface area contributed by atoms with Crippen LogP contribution in [0.3, 0.4) is 0 Å². The highest BCUT2D eigenvalue weighted by molar-refractivity contribution is 5.66. The fraction of sp³-hybridized carbons (Fsp3) is 0.533. The maximum atomic E-state index is 15.1. The second-order valence-corrected chi connectivity index (χ2v) is 10.1. The van der Waals surface area contributed by atoms with Gasteiger partial charge in [0, 0.05) is 22.6 Å².